The molecule has 3 nitrogen and oxygen atoms in total. The summed E-state index contributed by atoms with van der Waals surface area (Å²) in [5.74, 6) is -0.449. The first kappa shape index (κ1) is 14.9. The van der Waals surface area contributed by atoms with Gasteiger partial charge in [-0.3, -0.25) is 4.79 Å². The van der Waals surface area contributed by atoms with Crippen LogP contribution in [0.3, 0.4) is 0 Å². The van der Waals surface area contributed by atoms with Gasteiger partial charge in [-0.05, 0) is 37.6 Å². The van der Waals surface area contributed by atoms with Crippen LogP contribution >= 0.6 is 12.4 Å². The number of nitrogens with one attached hydrogen (secondary N) is 1. The molecular formula is C11H16ClFN2O. The molecule has 90 valence electrons. The molecule has 0 spiro atoms. The van der Waals surface area contributed by atoms with Crippen molar-refractivity contribution in [2.75, 3.05) is 11.9 Å². The number of aryl methyl sites for hydroxylation is 1. The van der Waals surface area contributed by atoms with E-state index in [0.29, 0.717) is 30.6 Å². The van der Waals surface area contributed by atoms with E-state index in [1.807, 2.05) is 0 Å². The SMILES string of the molecule is Cc1ccc(NC(=O)CCCN)cc1F.Cl. The minimum Gasteiger partial charge on any atom is -0.330 e. The summed E-state index contributed by atoms with van der Waals surface area (Å²) in [5.41, 5.74) is 6.33. The second-order valence-electron chi connectivity index (χ2n) is 3.40. The molecule has 5 heteroatoms. The van der Waals surface area contributed by atoms with E-state index in [0.717, 1.165) is 0 Å². The van der Waals surface area contributed by atoms with Crippen LogP contribution < -0.4 is 11.1 Å². The molecule has 0 aromatic heterocycles. The highest BCUT2D eigenvalue weighted by molar-refractivity contribution is 5.90. The minimum atomic E-state index is -0.313. The van der Waals surface area contributed by atoms with Gasteiger partial charge in [0.15, 0.2) is 0 Å². The minimum absolute atomic E-state index is 0. The van der Waals surface area contributed by atoms with E-state index in [9.17, 15) is 9.18 Å². The Labute approximate surface area is 101 Å². The van der Waals surface area contributed by atoms with Gasteiger partial charge in [0.25, 0.3) is 0 Å². The van der Waals surface area contributed by atoms with Gasteiger partial charge >= 0.3 is 0 Å². The van der Waals surface area contributed by atoms with Gasteiger partial charge in [0.05, 0.1) is 0 Å². The van der Waals surface area contributed by atoms with Gasteiger partial charge in [-0.1, -0.05) is 6.07 Å². The molecule has 0 aliphatic rings. The Kier molecular flexibility index (Phi) is 6.69. The first-order valence-electron chi connectivity index (χ1n) is 4.89. The predicted octanol–water partition coefficient (Wildman–Crippen LogP) is 2.23. The van der Waals surface area contributed by atoms with Crippen molar-refractivity contribution in [1.82, 2.24) is 0 Å². The van der Waals surface area contributed by atoms with Crippen LogP contribution in [0.5, 0.6) is 0 Å². The topological polar surface area (TPSA) is 55.1 Å². The summed E-state index contributed by atoms with van der Waals surface area (Å²) in [6.45, 7) is 2.16. The van der Waals surface area contributed by atoms with Gasteiger partial charge in [0.2, 0.25) is 5.91 Å². The fourth-order valence-corrected chi connectivity index (χ4v) is 1.16. The van der Waals surface area contributed by atoms with Crippen molar-refractivity contribution >= 4 is 24.0 Å². The number of carbonyl (C=O) groups excluding carboxylic acids is 1. The highest BCUT2D eigenvalue weighted by Crippen LogP contribution is 2.13. The van der Waals surface area contributed by atoms with Crippen molar-refractivity contribution in [1.29, 1.82) is 0 Å². The van der Waals surface area contributed by atoms with Gasteiger partial charge in [-0.15, -0.1) is 12.4 Å². The average molecular weight is 247 g/mol. The number of hydrogen-bond acceptors (Lipinski definition) is 2. The van der Waals surface area contributed by atoms with Crippen LogP contribution in [0.1, 0.15) is 18.4 Å². The van der Waals surface area contributed by atoms with Crippen LogP contribution in [0.2, 0.25) is 0 Å². The Hall–Kier alpha value is -1.13. The standard InChI is InChI=1S/C11H15FN2O.ClH/c1-8-4-5-9(7-10(8)12)14-11(15)3-2-6-13;/h4-5,7H,2-3,6,13H2,1H3,(H,14,15);1H. The number of rotatable bonds is 4. The molecule has 1 amide bonds. The molecule has 0 radical (unpaired) electrons. The lowest BCUT2D eigenvalue weighted by molar-refractivity contribution is -0.116. The molecule has 0 heterocycles. The lowest BCUT2D eigenvalue weighted by Gasteiger charge is -2.05. The lowest BCUT2D eigenvalue weighted by Crippen LogP contribution is -2.13. The quantitative estimate of drug-likeness (QED) is 0.856. The summed E-state index contributed by atoms with van der Waals surface area (Å²) in [6.07, 6.45) is 1.01. The number of hydrogen-bond donors (Lipinski definition) is 2. The number of halogens is 2. The van der Waals surface area contributed by atoms with E-state index in [-0.39, 0.29) is 24.1 Å². The second kappa shape index (κ2) is 7.19. The number of amides is 1. The zero-order valence-electron chi connectivity index (χ0n) is 9.13. The van der Waals surface area contributed by atoms with Crippen molar-refractivity contribution in [3.05, 3.63) is 29.6 Å². The van der Waals surface area contributed by atoms with Crippen LogP contribution in [0.4, 0.5) is 10.1 Å². The van der Waals surface area contributed by atoms with Crippen molar-refractivity contribution < 1.29 is 9.18 Å². The molecule has 0 unspecified atom stereocenters. The monoisotopic (exact) mass is 246 g/mol. The highest BCUT2D eigenvalue weighted by atomic mass is 35.5. The summed E-state index contributed by atoms with van der Waals surface area (Å²) in [7, 11) is 0. The summed E-state index contributed by atoms with van der Waals surface area (Å²) < 4.78 is 13.1. The summed E-state index contributed by atoms with van der Waals surface area (Å²) >= 11 is 0. The van der Waals surface area contributed by atoms with Crippen molar-refractivity contribution in [2.45, 2.75) is 19.8 Å². The number of benzene rings is 1. The zero-order valence-corrected chi connectivity index (χ0v) is 9.94. The fraction of sp³-hybridized carbons (Fsp3) is 0.364. The molecular weight excluding hydrogens is 231 g/mol. The van der Waals surface area contributed by atoms with Crippen LogP contribution in [0, 0.1) is 12.7 Å². The third-order valence-corrected chi connectivity index (χ3v) is 2.06. The molecule has 0 bridgehead atoms. The normalized spacial score (nSPS) is 9.44. The van der Waals surface area contributed by atoms with E-state index >= 15 is 0 Å². The largest absolute Gasteiger partial charge is 0.330 e. The van der Waals surface area contributed by atoms with Crippen LogP contribution in [-0.2, 0) is 4.79 Å². The maximum Gasteiger partial charge on any atom is 0.224 e. The molecule has 0 saturated heterocycles. The summed E-state index contributed by atoms with van der Waals surface area (Å²) in [4.78, 5) is 11.3. The fourth-order valence-electron chi connectivity index (χ4n) is 1.16. The average Bonchev–Trinajstić information content (AvgIpc) is 2.20. The van der Waals surface area contributed by atoms with E-state index in [1.165, 1.54) is 6.07 Å². The van der Waals surface area contributed by atoms with Crippen LogP contribution in [0.25, 0.3) is 0 Å². The molecule has 1 aromatic rings. The highest BCUT2D eigenvalue weighted by Gasteiger charge is 2.03. The van der Waals surface area contributed by atoms with Gasteiger partial charge in [0.1, 0.15) is 5.82 Å². The van der Waals surface area contributed by atoms with Gasteiger partial charge in [0, 0.05) is 12.1 Å². The Morgan fingerprint density at radius 1 is 1.50 bits per heavy atom. The number of anilines is 1. The van der Waals surface area contributed by atoms with E-state index in [2.05, 4.69) is 5.32 Å². The summed E-state index contributed by atoms with van der Waals surface area (Å²) in [6, 6.07) is 4.63. The third kappa shape index (κ3) is 4.59. The van der Waals surface area contributed by atoms with Crippen LogP contribution in [-0.4, -0.2) is 12.5 Å². The summed E-state index contributed by atoms with van der Waals surface area (Å²) in [5, 5.41) is 2.61. The maximum atomic E-state index is 13.1. The molecule has 3 N–H and O–H groups in total. The first-order valence-corrected chi connectivity index (χ1v) is 4.89. The van der Waals surface area contributed by atoms with Gasteiger partial charge < -0.3 is 11.1 Å². The second-order valence-corrected chi connectivity index (χ2v) is 3.40. The molecule has 1 rings (SSSR count). The van der Waals surface area contributed by atoms with Gasteiger partial charge in [-0.2, -0.15) is 0 Å². The zero-order chi connectivity index (χ0) is 11.3. The Bertz CT molecular complexity index is 358. The van der Waals surface area contributed by atoms with Crippen molar-refractivity contribution in [3.63, 3.8) is 0 Å². The van der Waals surface area contributed by atoms with E-state index in [1.54, 1.807) is 19.1 Å². The molecule has 0 fully saturated rings. The molecule has 1 aromatic carbocycles. The Balaban J connectivity index is 0.00000225. The molecule has 0 atom stereocenters. The molecule has 16 heavy (non-hydrogen) atoms. The molecule has 0 aliphatic heterocycles. The lowest BCUT2D eigenvalue weighted by atomic mass is 10.2. The number of carbonyl (C=O) groups is 1. The Morgan fingerprint density at radius 3 is 2.75 bits per heavy atom. The van der Waals surface area contributed by atoms with E-state index in [4.69, 9.17) is 5.73 Å². The molecule has 0 saturated carbocycles. The van der Waals surface area contributed by atoms with Crippen molar-refractivity contribution in [3.8, 4) is 0 Å². The smallest absolute Gasteiger partial charge is 0.224 e. The van der Waals surface area contributed by atoms with Gasteiger partial charge in [-0.25, -0.2) is 4.39 Å². The van der Waals surface area contributed by atoms with Crippen molar-refractivity contribution in [2.24, 2.45) is 5.73 Å². The third-order valence-electron chi connectivity index (χ3n) is 2.06. The first-order chi connectivity index (χ1) is 7.13. The number of nitrogens with two attached hydrogens (primary N) is 1. The van der Waals surface area contributed by atoms with Crippen LogP contribution in [0.15, 0.2) is 18.2 Å². The maximum absolute atomic E-state index is 13.1. The Morgan fingerprint density at radius 2 is 2.19 bits per heavy atom. The van der Waals surface area contributed by atoms with E-state index < -0.39 is 0 Å². The predicted molar refractivity (Wildman–Crippen MR) is 65.3 cm³/mol. The molecule has 0 aliphatic carbocycles.